The molecule has 5 nitrogen and oxygen atoms in total. The van der Waals surface area contributed by atoms with E-state index >= 15 is 0 Å². The molecule has 0 aromatic heterocycles. The summed E-state index contributed by atoms with van der Waals surface area (Å²) in [6.07, 6.45) is 2.77. The summed E-state index contributed by atoms with van der Waals surface area (Å²) in [5.74, 6) is -1.02. The maximum atomic E-state index is 11.8. The molecule has 5 heteroatoms. The lowest BCUT2D eigenvalue weighted by Gasteiger charge is -2.38. The van der Waals surface area contributed by atoms with Crippen LogP contribution < -0.4 is 10.6 Å². The van der Waals surface area contributed by atoms with Gasteiger partial charge >= 0.3 is 5.97 Å². The second-order valence-corrected chi connectivity index (χ2v) is 6.08. The van der Waals surface area contributed by atoms with Crippen LogP contribution in [0.2, 0.25) is 0 Å². The molecule has 0 bridgehead atoms. The van der Waals surface area contributed by atoms with Gasteiger partial charge in [0.2, 0.25) is 5.91 Å². The molecule has 0 aromatic carbocycles. The minimum atomic E-state index is -1.01. The zero-order valence-electron chi connectivity index (χ0n) is 11.7. The predicted molar refractivity (Wildman–Crippen MR) is 69.3 cm³/mol. The first-order valence-corrected chi connectivity index (χ1v) is 6.44. The third kappa shape index (κ3) is 3.70. The van der Waals surface area contributed by atoms with E-state index in [9.17, 15) is 14.7 Å². The summed E-state index contributed by atoms with van der Waals surface area (Å²) in [4.78, 5) is 23.0. The molecule has 1 amide bonds. The molecule has 0 spiro atoms. The number of carboxylic acids is 1. The van der Waals surface area contributed by atoms with Gasteiger partial charge in [0.05, 0.1) is 5.41 Å². The molecular formula is C13H24N2O3. The zero-order valence-corrected chi connectivity index (χ0v) is 11.7. The average molecular weight is 256 g/mol. The Hall–Kier alpha value is -1.10. The number of amides is 1. The summed E-state index contributed by atoms with van der Waals surface area (Å²) in [5.41, 5.74) is -1.79. The van der Waals surface area contributed by atoms with E-state index in [-0.39, 0.29) is 5.91 Å². The molecule has 0 heterocycles. The molecule has 0 unspecified atom stereocenters. The van der Waals surface area contributed by atoms with Gasteiger partial charge in [-0.25, -0.2) is 0 Å². The Balaban J connectivity index is 2.42. The van der Waals surface area contributed by atoms with Crippen molar-refractivity contribution < 1.29 is 14.7 Å². The highest BCUT2D eigenvalue weighted by molar-refractivity contribution is 5.80. The second-order valence-electron chi connectivity index (χ2n) is 6.08. The van der Waals surface area contributed by atoms with Crippen molar-refractivity contribution in [3.05, 3.63) is 0 Å². The molecule has 104 valence electrons. The van der Waals surface area contributed by atoms with Gasteiger partial charge in [-0.1, -0.05) is 0 Å². The van der Waals surface area contributed by atoms with Gasteiger partial charge in [-0.2, -0.15) is 0 Å². The van der Waals surface area contributed by atoms with Gasteiger partial charge in [-0.3, -0.25) is 9.59 Å². The number of rotatable bonds is 7. The van der Waals surface area contributed by atoms with E-state index in [1.54, 1.807) is 27.7 Å². The molecule has 3 N–H and O–H groups in total. The Morgan fingerprint density at radius 1 is 1.22 bits per heavy atom. The molecule has 1 fully saturated rings. The molecule has 1 rings (SSSR count). The van der Waals surface area contributed by atoms with Gasteiger partial charge in [0.1, 0.15) is 0 Å². The normalized spacial score (nSPS) is 16.4. The fourth-order valence-corrected chi connectivity index (χ4v) is 1.51. The van der Waals surface area contributed by atoms with Gasteiger partial charge in [0, 0.05) is 24.5 Å². The lowest BCUT2D eigenvalue weighted by Crippen LogP contribution is -2.57. The highest BCUT2D eigenvalue weighted by Crippen LogP contribution is 2.30. The second kappa shape index (κ2) is 5.26. The lowest BCUT2D eigenvalue weighted by atomic mass is 9.74. The first kappa shape index (κ1) is 15.0. The average Bonchev–Trinajstić information content (AvgIpc) is 3.00. The third-order valence-corrected chi connectivity index (χ3v) is 3.91. The van der Waals surface area contributed by atoms with E-state index in [4.69, 9.17) is 0 Å². The molecule has 18 heavy (non-hydrogen) atoms. The van der Waals surface area contributed by atoms with E-state index in [0.717, 1.165) is 0 Å². The predicted octanol–water partition coefficient (Wildman–Crippen LogP) is 1.13. The number of aliphatic carboxylic acids is 1. The first-order chi connectivity index (χ1) is 8.17. The van der Waals surface area contributed by atoms with E-state index in [1.165, 1.54) is 12.8 Å². The smallest absolute Gasteiger partial charge is 0.311 e. The molecule has 0 saturated heterocycles. The highest BCUT2D eigenvalue weighted by Gasteiger charge is 2.44. The summed E-state index contributed by atoms with van der Waals surface area (Å²) in [6.45, 7) is 7.39. The van der Waals surface area contributed by atoms with E-state index in [1.807, 2.05) is 0 Å². The Labute approximate surface area is 108 Å². The fourth-order valence-electron chi connectivity index (χ4n) is 1.51. The standard InChI is InChI=1S/C13H24N2O3/c1-12(2,11(17)18)13(3,4)15-10(16)7-8-14-9-5-6-9/h9,14H,5-8H2,1-4H3,(H,15,16)(H,17,18). The summed E-state index contributed by atoms with van der Waals surface area (Å²) in [7, 11) is 0. The van der Waals surface area contributed by atoms with Crippen LogP contribution in [0.5, 0.6) is 0 Å². The molecule has 1 saturated carbocycles. The highest BCUT2D eigenvalue weighted by atomic mass is 16.4. The monoisotopic (exact) mass is 256 g/mol. The fraction of sp³-hybridized carbons (Fsp3) is 0.846. The number of hydrogen-bond acceptors (Lipinski definition) is 3. The molecular weight excluding hydrogens is 232 g/mol. The van der Waals surface area contributed by atoms with E-state index in [2.05, 4.69) is 10.6 Å². The van der Waals surface area contributed by atoms with Crippen molar-refractivity contribution in [1.82, 2.24) is 10.6 Å². The van der Waals surface area contributed by atoms with Crippen LogP contribution in [0.15, 0.2) is 0 Å². The van der Waals surface area contributed by atoms with Crippen LogP contribution >= 0.6 is 0 Å². The van der Waals surface area contributed by atoms with Gasteiger partial charge in [-0.05, 0) is 40.5 Å². The van der Waals surface area contributed by atoms with Crippen LogP contribution in [-0.2, 0) is 9.59 Å². The number of carbonyl (C=O) groups excluding carboxylic acids is 1. The number of hydrogen-bond donors (Lipinski definition) is 3. The Bertz CT molecular complexity index is 333. The van der Waals surface area contributed by atoms with Crippen LogP contribution in [-0.4, -0.2) is 35.1 Å². The SMILES string of the molecule is CC(C)(NC(=O)CCNC1CC1)C(C)(C)C(=O)O. The number of carbonyl (C=O) groups is 2. The Morgan fingerprint density at radius 2 is 1.78 bits per heavy atom. The Morgan fingerprint density at radius 3 is 2.22 bits per heavy atom. The van der Waals surface area contributed by atoms with Crippen molar-refractivity contribution in [1.29, 1.82) is 0 Å². The summed E-state index contributed by atoms with van der Waals surface area (Å²) in [5, 5.41) is 15.3. The van der Waals surface area contributed by atoms with Crippen LogP contribution in [0, 0.1) is 5.41 Å². The number of nitrogens with one attached hydrogen (secondary N) is 2. The summed E-state index contributed by atoms with van der Waals surface area (Å²) < 4.78 is 0. The topological polar surface area (TPSA) is 78.4 Å². The van der Waals surface area contributed by atoms with Gasteiger partial charge in [-0.15, -0.1) is 0 Å². The molecule has 1 aliphatic rings. The minimum Gasteiger partial charge on any atom is -0.481 e. The van der Waals surface area contributed by atoms with Crippen molar-refractivity contribution in [2.24, 2.45) is 5.41 Å². The molecule has 0 aromatic rings. The minimum absolute atomic E-state index is 0.109. The van der Waals surface area contributed by atoms with Crippen LogP contribution in [0.4, 0.5) is 0 Å². The van der Waals surface area contributed by atoms with Crippen molar-refractivity contribution >= 4 is 11.9 Å². The maximum absolute atomic E-state index is 11.8. The van der Waals surface area contributed by atoms with Crippen LogP contribution in [0.3, 0.4) is 0 Å². The first-order valence-electron chi connectivity index (χ1n) is 6.44. The number of carboxylic acid groups (broad SMARTS) is 1. The van der Waals surface area contributed by atoms with Crippen molar-refractivity contribution in [3.8, 4) is 0 Å². The third-order valence-electron chi connectivity index (χ3n) is 3.91. The van der Waals surface area contributed by atoms with Crippen LogP contribution in [0.25, 0.3) is 0 Å². The molecule has 0 atom stereocenters. The van der Waals surface area contributed by atoms with Gasteiger partial charge < -0.3 is 15.7 Å². The quantitative estimate of drug-likeness (QED) is 0.638. The largest absolute Gasteiger partial charge is 0.481 e. The van der Waals surface area contributed by atoms with Crippen LogP contribution in [0.1, 0.15) is 47.0 Å². The zero-order chi connectivity index (χ0) is 14.0. The molecule has 0 aliphatic heterocycles. The van der Waals surface area contributed by atoms with Crippen molar-refractivity contribution in [3.63, 3.8) is 0 Å². The van der Waals surface area contributed by atoms with E-state index < -0.39 is 16.9 Å². The molecule has 1 aliphatic carbocycles. The van der Waals surface area contributed by atoms with Gasteiger partial charge in [0.15, 0.2) is 0 Å². The maximum Gasteiger partial charge on any atom is 0.311 e. The Kier molecular flexibility index (Phi) is 4.37. The van der Waals surface area contributed by atoms with Crippen molar-refractivity contribution in [2.45, 2.75) is 58.5 Å². The summed E-state index contributed by atoms with van der Waals surface area (Å²) in [6, 6.07) is 0.585. The van der Waals surface area contributed by atoms with Gasteiger partial charge in [0.25, 0.3) is 0 Å². The summed E-state index contributed by atoms with van der Waals surface area (Å²) >= 11 is 0. The van der Waals surface area contributed by atoms with Crippen molar-refractivity contribution in [2.75, 3.05) is 6.54 Å². The van der Waals surface area contributed by atoms with E-state index in [0.29, 0.717) is 19.0 Å². The molecule has 0 radical (unpaired) electrons. The lowest BCUT2D eigenvalue weighted by molar-refractivity contribution is -0.151.